The highest BCUT2D eigenvalue weighted by atomic mass is 35.5. The Morgan fingerprint density at radius 1 is 1.21 bits per heavy atom. The average molecular weight is 344 g/mol. The molecule has 0 spiro atoms. The minimum atomic E-state index is -3.74. The predicted molar refractivity (Wildman–Crippen MR) is 77.4 cm³/mol. The van der Waals surface area contributed by atoms with Crippen LogP contribution < -0.4 is 5.73 Å². The Balaban J connectivity index is 2.45. The molecule has 0 amide bonds. The van der Waals surface area contributed by atoms with E-state index in [1.54, 1.807) is 0 Å². The SMILES string of the molecule is N[C@@H]1CCCN(S(=O)(=O)c2c(Cl)cc(Cl)cc2Cl)C1. The van der Waals surface area contributed by atoms with Crippen molar-refractivity contribution in [2.24, 2.45) is 5.73 Å². The van der Waals surface area contributed by atoms with Crippen LogP contribution in [0.1, 0.15) is 12.8 Å². The lowest BCUT2D eigenvalue weighted by atomic mass is 10.1. The molecule has 1 aromatic rings. The van der Waals surface area contributed by atoms with Crippen LogP contribution in [0.2, 0.25) is 15.1 Å². The van der Waals surface area contributed by atoms with E-state index in [2.05, 4.69) is 0 Å². The molecule has 1 aromatic carbocycles. The van der Waals surface area contributed by atoms with Crippen LogP contribution in [0.3, 0.4) is 0 Å². The van der Waals surface area contributed by atoms with Crippen LogP contribution in [0.5, 0.6) is 0 Å². The van der Waals surface area contributed by atoms with Gasteiger partial charge in [-0.3, -0.25) is 0 Å². The van der Waals surface area contributed by atoms with E-state index < -0.39 is 10.0 Å². The molecular formula is C11H13Cl3N2O2S. The highest BCUT2D eigenvalue weighted by Crippen LogP contribution is 2.35. The Labute approximate surface area is 127 Å². The number of nitrogens with zero attached hydrogens (tertiary/aromatic N) is 1. The lowest BCUT2D eigenvalue weighted by Crippen LogP contribution is -2.45. The molecule has 0 aliphatic carbocycles. The van der Waals surface area contributed by atoms with E-state index in [1.807, 2.05) is 0 Å². The van der Waals surface area contributed by atoms with E-state index in [9.17, 15) is 8.42 Å². The van der Waals surface area contributed by atoms with Gasteiger partial charge in [0.25, 0.3) is 0 Å². The van der Waals surface area contributed by atoms with Gasteiger partial charge in [0, 0.05) is 24.2 Å². The molecule has 0 bridgehead atoms. The molecule has 0 unspecified atom stereocenters. The number of sulfonamides is 1. The third kappa shape index (κ3) is 3.17. The Morgan fingerprint density at radius 3 is 2.32 bits per heavy atom. The zero-order chi connectivity index (χ0) is 14.2. The van der Waals surface area contributed by atoms with Crippen LogP contribution in [0.4, 0.5) is 0 Å². The Kier molecular flexibility index (Phi) is 4.65. The Bertz CT molecular complexity index is 569. The molecule has 2 N–H and O–H groups in total. The minimum absolute atomic E-state index is 0.0247. The van der Waals surface area contributed by atoms with Gasteiger partial charge in [-0.05, 0) is 25.0 Å². The van der Waals surface area contributed by atoms with Crippen LogP contribution in [0.25, 0.3) is 0 Å². The monoisotopic (exact) mass is 342 g/mol. The molecule has 8 heteroatoms. The first-order valence-electron chi connectivity index (χ1n) is 5.72. The van der Waals surface area contributed by atoms with Gasteiger partial charge >= 0.3 is 0 Å². The fourth-order valence-corrected chi connectivity index (χ4v) is 5.12. The van der Waals surface area contributed by atoms with Gasteiger partial charge in [-0.15, -0.1) is 0 Å². The zero-order valence-electron chi connectivity index (χ0n) is 9.94. The third-order valence-electron chi connectivity index (χ3n) is 2.98. The maximum Gasteiger partial charge on any atom is 0.246 e. The topological polar surface area (TPSA) is 63.4 Å². The summed E-state index contributed by atoms with van der Waals surface area (Å²) >= 11 is 17.7. The summed E-state index contributed by atoms with van der Waals surface area (Å²) in [5.41, 5.74) is 5.81. The van der Waals surface area contributed by atoms with E-state index in [0.29, 0.717) is 11.6 Å². The van der Waals surface area contributed by atoms with Crippen molar-refractivity contribution >= 4 is 44.8 Å². The molecule has 0 aromatic heterocycles. The summed E-state index contributed by atoms with van der Waals surface area (Å²) in [5, 5.41) is 0.345. The smallest absolute Gasteiger partial charge is 0.246 e. The van der Waals surface area contributed by atoms with Gasteiger partial charge in [0.1, 0.15) is 4.90 Å². The Hall–Kier alpha value is -0.0400. The van der Waals surface area contributed by atoms with E-state index in [-0.39, 0.29) is 27.5 Å². The summed E-state index contributed by atoms with van der Waals surface area (Å²) in [4.78, 5) is -0.102. The van der Waals surface area contributed by atoms with Gasteiger partial charge in [-0.1, -0.05) is 34.8 Å². The molecule has 1 heterocycles. The lowest BCUT2D eigenvalue weighted by molar-refractivity contribution is 0.316. The maximum atomic E-state index is 12.5. The first-order valence-corrected chi connectivity index (χ1v) is 8.30. The first kappa shape index (κ1) is 15.4. The lowest BCUT2D eigenvalue weighted by Gasteiger charge is -2.30. The highest BCUT2D eigenvalue weighted by molar-refractivity contribution is 7.89. The number of hydrogen-bond acceptors (Lipinski definition) is 3. The number of hydrogen-bond donors (Lipinski definition) is 1. The number of nitrogens with two attached hydrogens (primary N) is 1. The zero-order valence-corrected chi connectivity index (χ0v) is 13.0. The number of piperidine rings is 1. The number of benzene rings is 1. The summed E-state index contributed by atoms with van der Waals surface area (Å²) in [6, 6.07) is 2.57. The van der Waals surface area contributed by atoms with Crippen LogP contribution in [0, 0.1) is 0 Å². The third-order valence-corrected chi connectivity index (χ3v) is 5.99. The summed E-state index contributed by atoms with van der Waals surface area (Å²) in [7, 11) is -3.74. The summed E-state index contributed by atoms with van der Waals surface area (Å²) in [6.07, 6.45) is 1.54. The molecule has 4 nitrogen and oxygen atoms in total. The first-order chi connectivity index (χ1) is 8.82. The standard InChI is InChI=1S/C11H13Cl3N2O2S/c12-7-4-9(13)11(10(14)5-7)19(17,18)16-3-1-2-8(15)6-16/h4-5,8H,1-3,6,15H2/t8-/m1/s1. The number of rotatable bonds is 2. The summed E-state index contributed by atoms with van der Waals surface area (Å²) < 4.78 is 26.4. The molecule has 106 valence electrons. The minimum Gasteiger partial charge on any atom is -0.327 e. The molecule has 1 saturated heterocycles. The van der Waals surface area contributed by atoms with Crippen molar-refractivity contribution in [2.75, 3.05) is 13.1 Å². The quantitative estimate of drug-likeness (QED) is 0.898. The average Bonchev–Trinajstić information content (AvgIpc) is 2.26. The van der Waals surface area contributed by atoms with Gasteiger partial charge in [-0.25, -0.2) is 8.42 Å². The second-order valence-electron chi connectivity index (χ2n) is 4.46. The van der Waals surface area contributed by atoms with Crippen molar-refractivity contribution < 1.29 is 8.42 Å². The van der Waals surface area contributed by atoms with Crippen LogP contribution in [-0.4, -0.2) is 31.9 Å². The van der Waals surface area contributed by atoms with Gasteiger partial charge in [0.05, 0.1) is 10.0 Å². The molecule has 1 aliphatic rings. The molecule has 2 rings (SSSR count). The Morgan fingerprint density at radius 2 is 1.79 bits per heavy atom. The summed E-state index contributed by atoms with van der Waals surface area (Å²) in [5.74, 6) is 0. The van der Waals surface area contributed by atoms with Gasteiger partial charge < -0.3 is 5.73 Å². The van der Waals surface area contributed by atoms with Crippen molar-refractivity contribution in [3.05, 3.63) is 27.2 Å². The van der Waals surface area contributed by atoms with Crippen molar-refractivity contribution in [3.63, 3.8) is 0 Å². The van der Waals surface area contributed by atoms with Gasteiger partial charge in [0.2, 0.25) is 10.0 Å². The van der Waals surface area contributed by atoms with Crippen molar-refractivity contribution in [1.82, 2.24) is 4.31 Å². The molecular weight excluding hydrogens is 331 g/mol. The predicted octanol–water partition coefficient (Wildman–Crippen LogP) is 2.76. The largest absolute Gasteiger partial charge is 0.327 e. The summed E-state index contributed by atoms with van der Waals surface area (Å²) in [6.45, 7) is 0.697. The maximum absolute atomic E-state index is 12.5. The van der Waals surface area contributed by atoms with E-state index in [1.165, 1.54) is 16.4 Å². The van der Waals surface area contributed by atoms with Crippen LogP contribution in [-0.2, 0) is 10.0 Å². The van der Waals surface area contributed by atoms with Gasteiger partial charge in [-0.2, -0.15) is 4.31 Å². The van der Waals surface area contributed by atoms with E-state index in [0.717, 1.165) is 12.8 Å². The normalized spacial score (nSPS) is 21.6. The van der Waals surface area contributed by atoms with Crippen LogP contribution >= 0.6 is 34.8 Å². The van der Waals surface area contributed by atoms with Crippen molar-refractivity contribution in [1.29, 1.82) is 0 Å². The fourth-order valence-electron chi connectivity index (χ4n) is 2.10. The molecule has 0 radical (unpaired) electrons. The number of halogens is 3. The fraction of sp³-hybridized carbons (Fsp3) is 0.455. The van der Waals surface area contributed by atoms with E-state index >= 15 is 0 Å². The second kappa shape index (κ2) is 5.76. The van der Waals surface area contributed by atoms with Crippen molar-refractivity contribution in [2.45, 2.75) is 23.8 Å². The van der Waals surface area contributed by atoms with E-state index in [4.69, 9.17) is 40.5 Å². The molecule has 0 saturated carbocycles. The molecule has 19 heavy (non-hydrogen) atoms. The highest BCUT2D eigenvalue weighted by Gasteiger charge is 2.32. The molecule has 1 aliphatic heterocycles. The molecule has 1 atom stereocenters. The second-order valence-corrected chi connectivity index (χ2v) is 7.59. The molecule has 1 fully saturated rings. The van der Waals surface area contributed by atoms with Crippen LogP contribution in [0.15, 0.2) is 17.0 Å². The van der Waals surface area contributed by atoms with Gasteiger partial charge in [0.15, 0.2) is 0 Å². The van der Waals surface area contributed by atoms with Crippen molar-refractivity contribution in [3.8, 4) is 0 Å².